The predicted octanol–water partition coefficient (Wildman–Crippen LogP) is 2.07. The van der Waals surface area contributed by atoms with Crippen LogP contribution in [0.15, 0.2) is 12.5 Å². The first-order chi connectivity index (χ1) is 12.6. The van der Waals surface area contributed by atoms with Crippen molar-refractivity contribution in [1.82, 2.24) is 15.3 Å². The molecule has 4 aliphatic rings. The van der Waals surface area contributed by atoms with E-state index >= 15 is 0 Å². The molecular weight excluding hydrogens is 330 g/mol. The number of carbonyl (C=O) groups is 1. The van der Waals surface area contributed by atoms with E-state index < -0.39 is 0 Å². The molecule has 2 aliphatic heterocycles. The van der Waals surface area contributed by atoms with Crippen molar-refractivity contribution in [2.75, 3.05) is 19.7 Å². The second-order valence-corrected chi connectivity index (χ2v) is 9.13. The number of hydrogen-bond donors (Lipinski definition) is 2. The monoisotopic (exact) mass is 359 g/mol. The summed E-state index contributed by atoms with van der Waals surface area (Å²) in [6.07, 6.45) is 10.4. The number of imidazole rings is 1. The van der Waals surface area contributed by atoms with Gasteiger partial charge in [0.15, 0.2) is 0 Å². The minimum Gasteiger partial charge on any atom is -0.462 e. The van der Waals surface area contributed by atoms with Crippen molar-refractivity contribution in [2.45, 2.75) is 57.2 Å². The zero-order valence-corrected chi connectivity index (χ0v) is 15.5. The summed E-state index contributed by atoms with van der Waals surface area (Å²) >= 11 is 0. The van der Waals surface area contributed by atoms with Crippen molar-refractivity contribution in [3.05, 3.63) is 18.2 Å². The molecule has 1 spiro atoms. The maximum Gasteiger partial charge on any atom is 0.310 e. The molecule has 0 amide bonds. The van der Waals surface area contributed by atoms with E-state index in [1.54, 1.807) is 6.33 Å². The second kappa shape index (κ2) is 6.06. The van der Waals surface area contributed by atoms with E-state index in [1.165, 1.54) is 19.3 Å². The van der Waals surface area contributed by atoms with Gasteiger partial charge in [-0.05, 0) is 43.4 Å². The first-order valence-electron chi connectivity index (χ1n) is 10.1. The van der Waals surface area contributed by atoms with Crippen LogP contribution in [0.2, 0.25) is 0 Å². The minimum absolute atomic E-state index is 0.00190. The van der Waals surface area contributed by atoms with Crippen molar-refractivity contribution < 1.29 is 14.3 Å². The first kappa shape index (κ1) is 16.8. The zero-order chi connectivity index (χ0) is 17.8. The molecule has 2 saturated heterocycles. The Labute approximate surface area is 154 Å². The van der Waals surface area contributed by atoms with Gasteiger partial charge < -0.3 is 19.8 Å². The number of aromatic amines is 1. The number of nitrogens with zero attached hydrogens (tertiary/aromatic N) is 1. The Hall–Kier alpha value is -1.40. The molecule has 0 radical (unpaired) electrons. The second-order valence-electron chi connectivity index (χ2n) is 9.13. The van der Waals surface area contributed by atoms with Crippen LogP contribution < -0.4 is 5.32 Å². The number of carbonyl (C=O) groups excluding carboxylic acids is 1. The number of ether oxygens (including phenoxy) is 2. The van der Waals surface area contributed by atoms with Gasteiger partial charge in [-0.1, -0.05) is 6.92 Å². The van der Waals surface area contributed by atoms with Crippen LogP contribution in [-0.4, -0.2) is 47.3 Å². The quantitative estimate of drug-likeness (QED) is 0.478. The summed E-state index contributed by atoms with van der Waals surface area (Å²) in [5, 5.41) is 3.47. The zero-order valence-electron chi connectivity index (χ0n) is 15.5. The molecule has 3 heterocycles. The largest absolute Gasteiger partial charge is 0.462 e. The highest BCUT2D eigenvalue weighted by molar-refractivity contribution is 5.75. The van der Waals surface area contributed by atoms with E-state index in [0.717, 1.165) is 38.1 Å². The Morgan fingerprint density at radius 3 is 3.08 bits per heavy atom. The number of esters is 1. The molecule has 2 saturated carbocycles. The van der Waals surface area contributed by atoms with Crippen LogP contribution in [-0.2, 0) is 20.7 Å². The lowest BCUT2D eigenvalue weighted by molar-refractivity contribution is -0.147. The Morgan fingerprint density at radius 2 is 2.31 bits per heavy atom. The fourth-order valence-corrected chi connectivity index (χ4v) is 6.09. The smallest absolute Gasteiger partial charge is 0.310 e. The SMILES string of the molecule is CC12CCCC3(CO3)C1CC1C(C2)OC(=O)C1CNCCc1cnc[nH]1. The van der Waals surface area contributed by atoms with Gasteiger partial charge in [-0.3, -0.25) is 4.79 Å². The van der Waals surface area contributed by atoms with Gasteiger partial charge in [-0.2, -0.15) is 0 Å². The number of aromatic nitrogens is 2. The maximum atomic E-state index is 12.5. The van der Waals surface area contributed by atoms with Crippen LogP contribution in [0.3, 0.4) is 0 Å². The third kappa shape index (κ3) is 2.69. The summed E-state index contributed by atoms with van der Waals surface area (Å²) in [4.78, 5) is 19.7. The number of rotatable bonds is 5. The van der Waals surface area contributed by atoms with Crippen LogP contribution in [0.5, 0.6) is 0 Å². The summed E-state index contributed by atoms with van der Waals surface area (Å²) < 4.78 is 11.8. The number of fused-ring (bicyclic) bond motifs is 3. The third-order valence-electron chi connectivity index (χ3n) is 7.57. The molecule has 6 atom stereocenters. The molecule has 6 heteroatoms. The number of nitrogens with one attached hydrogen (secondary N) is 2. The highest BCUT2D eigenvalue weighted by Crippen LogP contribution is 2.62. The van der Waals surface area contributed by atoms with Crippen molar-refractivity contribution in [2.24, 2.45) is 23.2 Å². The fourth-order valence-electron chi connectivity index (χ4n) is 6.09. The van der Waals surface area contributed by atoms with Crippen molar-refractivity contribution in [3.8, 4) is 0 Å². The van der Waals surface area contributed by atoms with Crippen LogP contribution in [0.1, 0.15) is 44.7 Å². The number of hydrogen-bond acceptors (Lipinski definition) is 5. The van der Waals surface area contributed by atoms with Crippen molar-refractivity contribution in [3.63, 3.8) is 0 Å². The highest BCUT2D eigenvalue weighted by Gasteiger charge is 2.64. The normalized spacial score (nSPS) is 43.8. The lowest BCUT2D eigenvalue weighted by Gasteiger charge is -2.51. The van der Waals surface area contributed by atoms with Gasteiger partial charge in [0.05, 0.1) is 24.5 Å². The standard InChI is InChI=1S/C20H29N3O3/c1-19-4-2-5-20(11-25-20)17(19)7-14-15(18(24)26-16(14)8-19)10-21-6-3-13-9-22-12-23-13/h9,12,14-17,21H,2-8,10-11H2,1H3,(H,22,23). The first-order valence-corrected chi connectivity index (χ1v) is 10.1. The summed E-state index contributed by atoms with van der Waals surface area (Å²) in [5.41, 5.74) is 1.52. The van der Waals surface area contributed by atoms with E-state index in [2.05, 4.69) is 22.2 Å². The molecule has 6 nitrogen and oxygen atoms in total. The molecule has 142 valence electrons. The summed E-state index contributed by atoms with van der Waals surface area (Å²) in [5.74, 6) is 0.928. The molecule has 0 bridgehead atoms. The highest BCUT2D eigenvalue weighted by atomic mass is 16.6. The molecule has 0 aromatic carbocycles. The lowest BCUT2D eigenvalue weighted by atomic mass is 9.53. The molecule has 2 N–H and O–H groups in total. The average Bonchev–Trinajstić information content (AvgIpc) is 3.05. The molecule has 1 aromatic rings. The molecule has 4 fully saturated rings. The van der Waals surface area contributed by atoms with Crippen molar-refractivity contribution >= 4 is 5.97 Å². The Kier molecular flexibility index (Phi) is 3.90. The van der Waals surface area contributed by atoms with Crippen LogP contribution >= 0.6 is 0 Å². The molecule has 2 aliphatic carbocycles. The van der Waals surface area contributed by atoms with Crippen molar-refractivity contribution in [1.29, 1.82) is 0 Å². The van der Waals surface area contributed by atoms with E-state index in [-0.39, 0.29) is 29.0 Å². The van der Waals surface area contributed by atoms with Gasteiger partial charge in [0.1, 0.15) is 6.10 Å². The van der Waals surface area contributed by atoms with E-state index in [0.29, 0.717) is 18.4 Å². The van der Waals surface area contributed by atoms with Gasteiger partial charge in [-0.15, -0.1) is 0 Å². The number of H-pyrrole nitrogens is 1. The maximum absolute atomic E-state index is 12.5. The lowest BCUT2D eigenvalue weighted by Crippen LogP contribution is -2.51. The van der Waals surface area contributed by atoms with Gasteiger partial charge in [0.25, 0.3) is 0 Å². The summed E-state index contributed by atoms with van der Waals surface area (Å²) in [6.45, 7) is 4.88. The topological polar surface area (TPSA) is 79.5 Å². The van der Waals surface area contributed by atoms with Gasteiger partial charge in [0, 0.05) is 37.3 Å². The molecular formula is C20H29N3O3. The summed E-state index contributed by atoms with van der Waals surface area (Å²) in [6, 6.07) is 0. The minimum atomic E-state index is -0.0101. The van der Waals surface area contributed by atoms with E-state index in [4.69, 9.17) is 9.47 Å². The van der Waals surface area contributed by atoms with Crippen LogP contribution in [0.4, 0.5) is 0 Å². The Balaban J connectivity index is 1.24. The van der Waals surface area contributed by atoms with E-state index in [1.807, 2.05) is 6.20 Å². The molecule has 6 unspecified atom stereocenters. The van der Waals surface area contributed by atoms with Gasteiger partial charge in [-0.25, -0.2) is 4.98 Å². The fraction of sp³-hybridized carbons (Fsp3) is 0.800. The van der Waals surface area contributed by atoms with Gasteiger partial charge in [0.2, 0.25) is 0 Å². The van der Waals surface area contributed by atoms with E-state index in [9.17, 15) is 4.79 Å². The Morgan fingerprint density at radius 1 is 1.42 bits per heavy atom. The third-order valence-corrected chi connectivity index (χ3v) is 7.57. The molecule has 26 heavy (non-hydrogen) atoms. The van der Waals surface area contributed by atoms with Crippen LogP contribution in [0, 0.1) is 23.2 Å². The number of epoxide rings is 1. The molecule has 5 rings (SSSR count). The van der Waals surface area contributed by atoms with Gasteiger partial charge >= 0.3 is 5.97 Å². The Bertz CT molecular complexity index is 672. The van der Waals surface area contributed by atoms with Crippen LogP contribution in [0.25, 0.3) is 0 Å². The average molecular weight is 359 g/mol. The molecule has 1 aromatic heterocycles. The predicted molar refractivity (Wildman–Crippen MR) is 95.4 cm³/mol. The summed E-state index contributed by atoms with van der Waals surface area (Å²) in [7, 11) is 0.